The van der Waals surface area contributed by atoms with Crippen LogP contribution < -0.4 is 0 Å². The van der Waals surface area contributed by atoms with Gasteiger partial charge in [-0.25, -0.2) is 0 Å². The van der Waals surface area contributed by atoms with Crippen LogP contribution in [-0.2, 0) is 14.3 Å². The average Bonchev–Trinajstić information content (AvgIpc) is 3.10. The molecule has 0 aromatic rings. The van der Waals surface area contributed by atoms with E-state index in [0.29, 0.717) is 30.0 Å². The minimum absolute atomic E-state index is 0.151. The van der Waals surface area contributed by atoms with Crippen molar-refractivity contribution in [3.05, 3.63) is 11.1 Å². The summed E-state index contributed by atoms with van der Waals surface area (Å²) in [6, 6.07) is 0. The molecular weight excluding hydrogens is 316 g/mol. The van der Waals surface area contributed by atoms with Gasteiger partial charge in [-0.05, 0) is 43.4 Å². The minimum Gasteiger partial charge on any atom is -0.392 e. The molecule has 0 aromatic heterocycles. The first-order valence-electron chi connectivity index (χ1n) is 10.1. The lowest BCUT2D eigenvalue weighted by atomic mass is 9.51. The molecule has 0 radical (unpaired) electrons. The fourth-order valence-corrected chi connectivity index (χ4v) is 7.15. The number of Topliss-reactive ketones (excluding diaryl/α,β-unsaturated/α-hetero) is 1. The second-order valence-corrected chi connectivity index (χ2v) is 9.46. The first-order chi connectivity index (χ1) is 11.9. The summed E-state index contributed by atoms with van der Waals surface area (Å²) in [6.07, 6.45) is 6.02. The highest BCUT2D eigenvalue weighted by molar-refractivity contribution is 5.88. The summed E-state index contributed by atoms with van der Waals surface area (Å²) < 4.78 is 12.0. The number of rotatable bonds is 0. The Balaban J connectivity index is 1.49. The summed E-state index contributed by atoms with van der Waals surface area (Å²) in [5.74, 6) is 1.63. The van der Waals surface area contributed by atoms with Gasteiger partial charge in [-0.2, -0.15) is 0 Å². The molecule has 0 unspecified atom stereocenters. The third-order valence-corrected chi connectivity index (χ3v) is 8.23. The number of hydrogen-bond acceptors (Lipinski definition) is 4. The lowest BCUT2D eigenvalue weighted by molar-refractivity contribution is -0.167. The van der Waals surface area contributed by atoms with E-state index in [4.69, 9.17) is 9.47 Å². The van der Waals surface area contributed by atoms with Crippen LogP contribution in [0.5, 0.6) is 0 Å². The van der Waals surface area contributed by atoms with Gasteiger partial charge in [-0.1, -0.05) is 25.0 Å². The molecule has 4 aliphatic carbocycles. The average molecular weight is 346 g/mol. The van der Waals surface area contributed by atoms with Crippen LogP contribution >= 0.6 is 0 Å². The third kappa shape index (κ3) is 2.20. The number of aliphatic hydroxyl groups is 1. The summed E-state index contributed by atoms with van der Waals surface area (Å²) in [5.41, 5.74) is 2.89. The number of carbonyl (C=O) groups excluding carboxylic acids is 1. The summed E-state index contributed by atoms with van der Waals surface area (Å²) >= 11 is 0. The molecule has 0 amide bonds. The highest BCUT2D eigenvalue weighted by Crippen LogP contribution is 2.62. The number of fused-ring (bicyclic) bond motifs is 4. The summed E-state index contributed by atoms with van der Waals surface area (Å²) in [4.78, 5) is 12.6. The van der Waals surface area contributed by atoms with Crippen molar-refractivity contribution in [3.63, 3.8) is 0 Å². The van der Waals surface area contributed by atoms with E-state index >= 15 is 0 Å². The van der Waals surface area contributed by atoms with Gasteiger partial charge in [-0.3, -0.25) is 4.79 Å². The quantitative estimate of drug-likeness (QED) is 0.684. The molecule has 6 atom stereocenters. The second-order valence-electron chi connectivity index (χ2n) is 9.46. The number of carbonyl (C=O) groups is 1. The van der Waals surface area contributed by atoms with Crippen molar-refractivity contribution in [1.29, 1.82) is 0 Å². The van der Waals surface area contributed by atoms with Gasteiger partial charge in [0.1, 0.15) is 5.78 Å². The molecule has 0 aromatic carbocycles. The predicted molar refractivity (Wildman–Crippen MR) is 92.7 cm³/mol. The lowest BCUT2D eigenvalue weighted by Gasteiger charge is -2.54. The minimum atomic E-state index is -0.439. The topological polar surface area (TPSA) is 55.8 Å². The Morgan fingerprint density at radius 1 is 1.16 bits per heavy atom. The summed E-state index contributed by atoms with van der Waals surface area (Å²) in [7, 11) is 0. The molecule has 4 heteroatoms. The Kier molecular flexibility index (Phi) is 3.56. The van der Waals surface area contributed by atoms with E-state index in [-0.39, 0.29) is 17.1 Å². The fourth-order valence-electron chi connectivity index (χ4n) is 7.15. The molecule has 2 saturated carbocycles. The van der Waals surface area contributed by atoms with Crippen LogP contribution in [0.4, 0.5) is 0 Å². The van der Waals surface area contributed by atoms with E-state index in [1.807, 2.05) is 0 Å². The van der Waals surface area contributed by atoms with Crippen LogP contribution in [-0.4, -0.2) is 36.0 Å². The lowest BCUT2D eigenvalue weighted by Crippen LogP contribution is -2.50. The van der Waals surface area contributed by atoms with Crippen molar-refractivity contribution >= 4 is 5.78 Å². The fraction of sp³-hybridized carbons (Fsp3) is 0.857. The molecule has 1 heterocycles. The highest BCUT2D eigenvalue weighted by atomic mass is 16.7. The van der Waals surface area contributed by atoms with E-state index in [1.165, 1.54) is 0 Å². The monoisotopic (exact) mass is 346 g/mol. The molecule has 1 spiro atoms. The van der Waals surface area contributed by atoms with Gasteiger partial charge < -0.3 is 14.6 Å². The van der Waals surface area contributed by atoms with Gasteiger partial charge in [0.05, 0.1) is 19.3 Å². The molecule has 5 aliphatic rings. The number of hydrogen-bond donors (Lipinski definition) is 1. The van der Waals surface area contributed by atoms with Crippen LogP contribution in [0.3, 0.4) is 0 Å². The SMILES string of the molecule is C[C@@H]1CC2=C(CCC3(C2)OCCO3)[C@H]2CC[C@]3(C)C(=O)C[C@H](O)[C@H]3[C@H]12. The Morgan fingerprint density at radius 2 is 1.92 bits per heavy atom. The van der Waals surface area contributed by atoms with Crippen LogP contribution in [0.15, 0.2) is 11.1 Å². The maximum atomic E-state index is 12.6. The van der Waals surface area contributed by atoms with Gasteiger partial charge in [-0.15, -0.1) is 0 Å². The van der Waals surface area contributed by atoms with Crippen molar-refractivity contribution in [1.82, 2.24) is 0 Å². The Labute approximate surface area is 150 Å². The van der Waals surface area contributed by atoms with E-state index in [9.17, 15) is 9.90 Å². The molecule has 138 valence electrons. The maximum Gasteiger partial charge on any atom is 0.172 e. The van der Waals surface area contributed by atoms with Gasteiger partial charge >= 0.3 is 0 Å². The van der Waals surface area contributed by atoms with Crippen molar-refractivity contribution in [2.45, 2.75) is 70.7 Å². The standard InChI is InChI=1S/C21H30O4/c1-12-9-13-11-21(24-7-8-25-21)6-4-14(13)15-3-5-20(2)17(23)10-16(22)19(20)18(12)15/h12,15-16,18-19,22H,3-11H2,1-2H3/t12-,15-,16+,18-,19+,20-/m1/s1. The zero-order chi connectivity index (χ0) is 17.4. The molecule has 25 heavy (non-hydrogen) atoms. The van der Waals surface area contributed by atoms with E-state index in [0.717, 1.165) is 51.7 Å². The normalized spacial score (nSPS) is 48.4. The third-order valence-electron chi connectivity index (χ3n) is 8.23. The first-order valence-corrected chi connectivity index (χ1v) is 10.1. The predicted octanol–water partition coefficient (Wildman–Crippen LogP) is 3.23. The van der Waals surface area contributed by atoms with Crippen LogP contribution in [0.2, 0.25) is 0 Å². The number of ketones is 1. The highest BCUT2D eigenvalue weighted by Gasteiger charge is 2.60. The number of ether oxygens (including phenoxy) is 2. The van der Waals surface area contributed by atoms with Crippen molar-refractivity contribution in [3.8, 4) is 0 Å². The molecule has 1 N–H and O–H groups in total. The van der Waals surface area contributed by atoms with E-state index < -0.39 is 6.10 Å². The molecule has 4 nitrogen and oxygen atoms in total. The second kappa shape index (κ2) is 5.40. The summed E-state index contributed by atoms with van der Waals surface area (Å²) in [6.45, 7) is 5.90. The van der Waals surface area contributed by atoms with Gasteiger partial charge in [0.2, 0.25) is 0 Å². The van der Waals surface area contributed by atoms with Gasteiger partial charge in [0.15, 0.2) is 5.79 Å². The number of aliphatic hydroxyl groups excluding tert-OH is 1. The maximum absolute atomic E-state index is 12.6. The molecule has 3 fully saturated rings. The molecule has 5 rings (SSSR count). The van der Waals surface area contributed by atoms with Crippen LogP contribution in [0, 0.1) is 29.1 Å². The van der Waals surface area contributed by atoms with Crippen molar-refractivity contribution in [2.24, 2.45) is 29.1 Å². The van der Waals surface area contributed by atoms with Gasteiger partial charge in [0, 0.05) is 30.6 Å². The Hall–Kier alpha value is -0.710. The van der Waals surface area contributed by atoms with Crippen molar-refractivity contribution in [2.75, 3.05) is 13.2 Å². The Morgan fingerprint density at radius 3 is 2.68 bits per heavy atom. The van der Waals surface area contributed by atoms with Crippen molar-refractivity contribution < 1.29 is 19.4 Å². The molecule has 1 aliphatic heterocycles. The zero-order valence-corrected chi connectivity index (χ0v) is 15.4. The first kappa shape index (κ1) is 16.5. The smallest absolute Gasteiger partial charge is 0.172 e. The number of allylic oxidation sites excluding steroid dienone is 1. The van der Waals surface area contributed by atoms with E-state index in [2.05, 4.69) is 13.8 Å². The molecule has 0 bridgehead atoms. The molecular formula is C21H30O4. The van der Waals surface area contributed by atoms with Crippen LogP contribution in [0.1, 0.15) is 58.8 Å². The zero-order valence-electron chi connectivity index (χ0n) is 15.4. The van der Waals surface area contributed by atoms with Gasteiger partial charge in [0.25, 0.3) is 0 Å². The Bertz CT molecular complexity index is 632. The van der Waals surface area contributed by atoms with Crippen LogP contribution in [0.25, 0.3) is 0 Å². The largest absolute Gasteiger partial charge is 0.392 e. The van der Waals surface area contributed by atoms with E-state index in [1.54, 1.807) is 11.1 Å². The molecule has 1 saturated heterocycles. The summed E-state index contributed by atoms with van der Waals surface area (Å²) in [5, 5.41) is 10.7.